The van der Waals surface area contributed by atoms with Gasteiger partial charge in [-0.2, -0.15) is 0 Å². The number of hydrogen-bond donors (Lipinski definition) is 1. The van der Waals surface area contributed by atoms with E-state index in [1.165, 1.54) is 22.3 Å². The first-order valence-corrected chi connectivity index (χ1v) is 5.84. The van der Waals surface area contributed by atoms with Gasteiger partial charge in [-0.15, -0.1) is 0 Å². The first kappa shape index (κ1) is 11.6. The fraction of sp³-hybridized carbons (Fsp3) is 0.267. The zero-order valence-corrected chi connectivity index (χ0v) is 10.8. The third-order valence-corrected chi connectivity index (χ3v) is 3.11. The second-order valence-electron chi connectivity index (χ2n) is 4.51. The molecule has 2 rings (SSSR count). The second kappa shape index (κ2) is 4.58. The molecule has 0 amide bonds. The average molecular weight is 226 g/mol. The summed E-state index contributed by atoms with van der Waals surface area (Å²) in [5.74, 6) is 0. The van der Waals surface area contributed by atoms with Crippen molar-refractivity contribution in [2.45, 2.75) is 27.7 Å². The molecule has 2 heteroatoms. The van der Waals surface area contributed by atoms with Crippen LogP contribution in [-0.2, 0) is 0 Å². The van der Waals surface area contributed by atoms with E-state index in [0.29, 0.717) is 0 Å². The summed E-state index contributed by atoms with van der Waals surface area (Å²) in [6.45, 7) is 8.44. The van der Waals surface area contributed by atoms with Gasteiger partial charge in [0.25, 0.3) is 0 Å². The number of rotatable bonds is 2. The minimum Gasteiger partial charge on any atom is -0.348 e. The Morgan fingerprint density at radius 1 is 1.18 bits per heavy atom. The monoisotopic (exact) mass is 226 g/mol. The quantitative estimate of drug-likeness (QED) is 0.826. The van der Waals surface area contributed by atoms with Crippen LogP contribution in [0.5, 0.6) is 0 Å². The number of aryl methyl sites for hydroxylation is 3. The van der Waals surface area contributed by atoms with Crippen LogP contribution in [0.4, 0.5) is 0 Å². The van der Waals surface area contributed by atoms with Gasteiger partial charge in [0.05, 0.1) is 12.0 Å². The zero-order chi connectivity index (χ0) is 12.4. The van der Waals surface area contributed by atoms with Crippen molar-refractivity contribution in [1.29, 1.82) is 0 Å². The number of aromatic amines is 1. The maximum Gasteiger partial charge on any atom is 0.0929 e. The first-order valence-electron chi connectivity index (χ1n) is 5.84. The molecule has 1 N–H and O–H groups in total. The van der Waals surface area contributed by atoms with E-state index < -0.39 is 0 Å². The molecule has 0 fully saturated rings. The zero-order valence-electron chi connectivity index (χ0n) is 10.8. The molecule has 0 radical (unpaired) electrons. The van der Waals surface area contributed by atoms with Crippen molar-refractivity contribution in [2.24, 2.45) is 0 Å². The van der Waals surface area contributed by atoms with Crippen LogP contribution < -0.4 is 0 Å². The number of imidazole rings is 1. The molecule has 1 heterocycles. The molecule has 0 atom stereocenters. The van der Waals surface area contributed by atoms with Gasteiger partial charge in [0.15, 0.2) is 0 Å². The summed E-state index contributed by atoms with van der Waals surface area (Å²) < 4.78 is 0. The van der Waals surface area contributed by atoms with Crippen LogP contribution in [0.1, 0.15) is 35.0 Å². The number of allylic oxidation sites excluding steroid dienone is 1. The Balaban J connectivity index is 2.47. The van der Waals surface area contributed by atoms with Crippen molar-refractivity contribution < 1.29 is 0 Å². The van der Waals surface area contributed by atoms with Gasteiger partial charge in [0.2, 0.25) is 0 Å². The van der Waals surface area contributed by atoms with E-state index in [1.807, 2.05) is 6.92 Å². The van der Waals surface area contributed by atoms with Crippen molar-refractivity contribution in [2.75, 3.05) is 0 Å². The molecule has 0 aliphatic heterocycles. The molecule has 2 nitrogen and oxygen atoms in total. The van der Waals surface area contributed by atoms with Crippen LogP contribution in [0.25, 0.3) is 11.6 Å². The van der Waals surface area contributed by atoms with E-state index in [4.69, 9.17) is 0 Å². The van der Waals surface area contributed by atoms with E-state index in [1.54, 1.807) is 6.33 Å². The predicted molar refractivity (Wildman–Crippen MR) is 72.8 cm³/mol. The maximum atomic E-state index is 4.35. The van der Waals surface area contributed by atoms with Crippen LogP contribution in [-0.4, -0.2) is 9.97 Å². The number of nitrogens with one attached hydrogen (secondary N) is 1. The number of nitrogens with zero attached hydrogens (tertiary/aromatic N) is 1. The summed E-state index contributed by atoms with van der Waals surface area (Å²) >= 11 is 0. The van der Waals surface area contributed by atoms with Gasteiger partial charge < -0.3 is 4.98 Å². The molecule has 0 aliphatic carbocycles. The summed E-state index contributed by atoms with van der Waals surface area (Å²) in [6, 6.07) is 6.38. The summed E-state index contributed by atoms with van der Waals surface area (Å²) in [7, 11) is 0. The lowest BCUT2D eigenvalue weighted by Crippen LogP contribution is -1.89. The normalized spacial score (nSPS) is 11.9. The van der Waals surface area contributed by atoms with Gasteiger partial charge >= 0.3 is 0 Å². The SMILES string of the molecule is C/C(=C\c1c(C)cccc1C)c1nc[nH]c1C. The Morgan fingerprint density at radius 3 is 2.35 bits per heavy atom. The van der Waals surface area contributed by atoms with Crippen molar-refractivity contribution in [1.82, 2.24) is 9.97 Å². The maximum absolute atomic E-state index is 4.35. The second-order valence-corrected chi connectivity index (χ2v) is 4.51. The van der Waals surface area contributed by atoms with E-state index in [2.05, 4.69) is 55.0 Å². The summed E-state index contributed by atoms with van der Waals surface area (Å²) in [6.07, 6.45) is 3.96. The van der Waals surface area contributed by atoms with Crippen molar-refractivity contribution in [3.8, 4) is 0 Å². The molecule has 1 aromatic heterocycles. The van der Waals surface area contributed by atoms with E-state index in [-0.39, 0.29) is 0 Å². The third kappa shape index (κ3) is 2.31. The Bertz CT molecular complexity index is 542. The minimum absolute atomic E-state index is 1.05. The van der Waals surface area contributed by atoms with Crippen LogP contribution in [0, 0.1) is 20.8 Å². The number of H-pyrrole nitrogens is 1. The van der Waals surface area contributed by atoms with E-state index in [0.717, 1.165) is 11.4 Å². The molecule has 0 saturated heterocycles. The highest BCUT2D eigenvalue weighted by atomic mass is 14.9. The molecule has 2 aromatic rings. The number of hydrogen-bond acceptors (Lipinski definition) is 1. The van der Waals surface area contributed by atoms with E-state index >= 15 is 0 Å². The molecule has 0 spiro atoms. The van der Waals surface area contributed by atoms with Gasteiger partial charge in [-0.05, 0) is 56.0 Å². The van der Waals surface area contributed by atoms with Gasteiger partial charge in [0.1, 0.15) is 0 Å². The van der Waals surface area contributed by atoms with E-state index in [9.17, 15) is 0 Å². The molecule has 88 valence electrons. The highest BCUT2D eigenvalue weighted by Crippen LogP contribution is 2.22. The lowest BCUT2D eigenvalue weighted by Gasteiger charge is -2.06. The largest absolute Gasteiger partial charge is 0.348 e. The Labute approximate surface area is 102 Å². The molecule has 0 saturated carbocycles. The van der Waals surface area contributed by atoms with Crippen molar-refractivity contribution in [3.05, 3.63) is 52.6 Å². The number of aromatic nitrogens is 2. The van der Waals surface area contributed by atoms with Crippen LogP contribution >= 0.6 is 0 Å². The summed E-state index contributed by atoms with van der Waals surface area (Å²) in [4.78, 5) is 7.46. The molecule has 0 bridgehead atoms. The first-order chi connectivity index (χ1) is 8.09. The molecule has 17 heavy (non-hydrogen) atoms. The van der Waals surface area contributed by atoms with Crippen molar-refractivity contribution in [3.63, 3.8) is 0 Å². The Morgan fingerprint density at radius 2 is 1.82 bits per heavy atom. The molecule has 0 aliphatic rings. The summed E-state index contributed by atoms with van der Waals surface area (Å²) in [5, 5.41) is 0. The molecular weight excluding hydrogens is 208 g/mol. The standard InChI is InChI=1S/C15H18N2/c1-10-6-5-7-11(2)14(10)8-12(3)15-13(4)16-9-17-15/h5-9H,1-4H3,(H,16,17)/b12-8+. The predicted octanol–water partition coefficient (Wildman–Crippen LogP) is 3.90. The van der Waals surface area contributed by atoms with Gasteiger partial charge in [-0.25, -0.2) is 4.98 Å². The molecule has 1 aromatic carbocycles. The van der Waals surface area contributed by atoms with Gasteiger partial charge in [0, 0.05) is 5.69 Å². The average Bonchev–Trinajstić information content (AvgIpc) is 2.70. The van der Waals surface area contributed by atoms with Crippen LogP contribution in [0.3, 0.4) is 0 Å². The van der Waals surface area contributed by atoms with Crippen molar-refractivity contribution >= 4 is 11.6 Å². The Hall–Kier alpha value is -1.83. The fourth-order valence-electron chi connectivity index (χ4n) is 2.10. The van der Waals surface area contributed by atoms with Gasteiger partial charge in [-0.3, -0.25) is 0 Å². The highest BCUT2D eigenvalue weighted by molar-refractivity contribution is 5.81. The minimum atomic E-state index is 1.05. The highest BCUT2D eigenvalue weighted by Gasteiger charge is 2.05. The Kier molecular flexibility index (Phi) is 3.14. The van der Waals surface area contributed by atoms with Gasteiger partial charge in [-0.1, -0.05) is 18.2 Å². The lowest BCUT2D eigenvalue weighted by atomic mass is 9.99. The molecule has 0 unspecified atom stereocenters. The third-order valence-electron chi connectivity index (χ3n) is 3.11. The topological polar surface area (TPSA) is 28.7 Å². The van der Waals surface area contributed by atoms with Crippen LogP contribution in [0.15, 0.2) is 24.5 Å². The molecular formula is C15H18N2. The number of benzene rings is 1. The van der Waals surface area contributed by atoms with Crippen LogP contribution in [0.2, 0.25) is 0 Å². The fourth-order valence-corrected chi connectivity index (χ4v) is 2.10. The lowest BCUT2D eigenvalue weighted by molar-refractivity contribution is 1.25. The smallest absolute Gasteiger partial charge is 0.0929 e. The summed E-state index contributed by atoms with van der Waals surface area (Å²) in [5.41, 5.74) is 7.27.